The van der Waals surface area contributed by atoms with E-state index in [4.69, 9.17) is 0 Å². The fourth-order valence-electron chi connectivity index (χ4n) is 2.79. The number of rotatable bonds is 1. The van der Waals surface area contributed by atoms with Crippen molar-refractivity contribution in [1.82, 2.24) is 10.2 Å². The van der Waals surface area contributed by atoms with Gasteiger partial charge in [-0.25, -0.2) is 0 Å². The number of hydrogen-bond acceptors (Lipinski definition) is 2. The van der Waals surface area contributed by atoms with Crippen LogP contribution in [0.4, 0.5) is 0 Å². The second-order valence-corrected chi connectivity index (χ2v) is 5.10. The fourth-order valence-corrected chi connectivity index (χ4v) is 2.79. The molecule has 0 spiro atoms. The molecule has 2 rings (SSSR count). The van der Waals surface area contributed by atoms with Gasteiger partial charge < -0.3 is 10.2 Å². The van der Waals surface area contributed by atoms with E-state index < -0.39 is 0 Å². The lowest BCUT2D eigenvalue weighted by molar-refractivity contribution is -0.138. The second kappa shape index (κ2) is 4.52. The maximum Gasteiger partial charge on any atom is 0.227 e. The summed E-state index contributed by atoms with van der Waals surface area (Å²) in [6, 6.07) is 0.464. The van der Waals surface area contributed by atoms with Gasteiger partial charge in [0.15, 0.2) is 0 Å². The molecular formula is C12H22N2O. The third-order valence-electron chi connectivity index (χ3n) is 3.98. The summed E-state index contributed by atoms with van der Waals surface area (Å²) in [7, 11) is 0. The van der Waals surface area contributed by atoms with Crippen LogP contribution in [-0.4, -0.2) is 36.5 Å². The molecule has 86 valence electrons. The molecule has 2 aliphatic rings. The summed E-state index contributed by atoms with van der Waals surface area (Å²) in [5.74, 6) is 1.16. The molecule has 3 atom stereocenters. The molecule has 0 saturated carbocycles. The molecule has 3 nitrogen and oxygen atoms in total. The minimum absolute atomic E-state index is 0.222. The van der Waals surface area contributed by atoms with Gasteiger partial charge in [0.2, 0.25) is 5.91 Å². The van der Waals surface area contributed by atoms with Crippen LogP contribution in [0.15, 0.2) is 0 Å². The van der Waals surface area contributed by atoms with Crippen molar-refractivity contribution in [2.45, 2.75) is 39.2 Å². The standard InChI is InChI=1S/C12H22N2O/c1-9-5-6-13-8-11(9)12(15)14-7-3-4-10(14)2/h9-11,13H,3-8H2,1-2H3/t9-,10-,11-/m1/s1. The van der Waals surface area contributed by atoms with E-state index in [2.05, 4.69) is 24.1 Å². The van der Waals surface area contributed by atoms with Crippen LogP contribution < -0.4 is 5.32 Å². The van der Waals surface area contributed by atoms with Crippen LogP contribution in [-0.2, 0) is 4.79 Å². The van der Waals surface area contributed by atoms with Crippen molar-refractivity contribution < 1.29 is 4.79 Å². The lowest BCUT2D eigenvalue weighted by Crippen LogP contribution is -2.47. The first-order valence-corrected chi connectivity index (χ1v) is 6.21. The predicted molar refractivity (Wildman–Crippen MR) is 60.5 cm³/mol. The maximum atomic E-state index is 12.3. The van der Waals surface area contributed by atoms with Crippen LogP contribution in [0.3, 0.4) is 0 Å². The molecule has 3 heteroatoms. The molecule has 0 aromatic carbocycles. The Morgan fingerprint density at radius 3 is 2.73 bits per heavy atom. The molecule has 1 amide bonds. The normalized spacial score (nSPS) is 36.9. The van der Waals surface area contributed by atoms with E-state index in [0.29, 0.717) is 17.9 Å². The van der Waals surface area contributed by atoms with Crippen molar-refractivity contribution in [1.29, 1.82) is 0 Å². The Hall–Kier alpha value is -0.570. The van der Waals surface area contributed by atoms with E-state index in [0.717, 1.165) is 26.1 Å². The number of nitrogens with one attached hydrogen (secondary N) is 1. The third kappa shape index (κ3) is 2.17. The lowest BCUT2D eigenvalue weighted by Gasteiger charge is -2.33. The Kier molecular flexibility index (Phi) is 3.29. The molecule has 0 aliphatic carbocycles. The monoisotopic (exact) mass is 210 g/mol. The minimum atomic E-state index is 0.222. The summed E-state index contributed by atoms with van der Waals surface area (Å²) >= 11 is 0. The van der Waals surface area contributed by atoms with Gasteiger partial charge in [-0.2, -0.15) is 0 Å². The SMILES string of the molecule is C[C@@H]1CCNC[C@H]1C(=O)N1CCC[C@H]1C. The van der Waals surface area contributed by atoms with Gasteiger partial charge in [-0.05, 0) is 38.6 Å². The average molecular weight is 210 g/mol. The number of likely N-dealkylation sites (tertiary alicyclic amines) is 1. The number of amides is 1. The predicted octanol–water partition coefficient (Wildman–Crippen LogP) is 1.24. The molecule has 0 bridgehead atoms. The Morgan fingerprint density at radius 1 is 1.33 bits per heavy atom. The van der Waals surface area contributed by atoms with E-state index in [-0.39, 0.29) is 5.92 Å². The first-order valence-electron chi connectivity index (χ1n) is 6.21. The summed E-state index contributed by atoms with van der Waals surface area (Å²) < 4.78 is 0. The molecule has 0 aromatic rings. The highest BCUT2D eigenvalue weighted by molar-refractivity contribution is 5.80. The Balaban J connectivity index is 1.99. The van der Waals surface area contributed by atoms with Crippen LogP contribution >= 0.6 is 0 Å². The van der Waals surface area contributed by atoms with Gasteiger partial charge in [0, 0.05) is 19.1 Å². The summed E-state index contributed by atoms with van der Waals surface area (Å²) in [6.45, 7) is 7.31. The Labute approximate surface area is 92.2 Å². The summed E-state index contributed by atoms with van der Waals surface area (Å²) in [4.78, 5) is 14.4. The van der Waals surface area contributed by atoms with E-state index in [1.54, 1.807) is 0 Å². The van der Waals surface area contributed by atoms with Gasteiger partial charge in [0.1, 0.15) is 0 Å². The van der Waals surface area contributed by atoms with E-state index >= 15 is 0 Å². The lowest BCUT2D eigenvalue weighted by atomic mass is 9.87. The Morgan fingerprint density at radius 2 is 2.13 bits per heavy atom. The van der Waals surface area contributed by atoms with Gasteiger partial charge in [-0.1, -0.05) is 6.92 Å². The first kappa shape index (κ1) is 10.9. The molecule has 2 heterocycles. The minimum Gasteiger partial charge on any atom is -0.340 e. The van der Waals surface area contributed by atoms with Crippen LogP contribution in [0.2, 0.25) is 0 Å². The summed E-state index contributed by atoms with van der Waals surface area (Å²) in [5, 5.41) is 3.34. The van der Waals surface area contributed by atoms with Crippen molar-refractivity contribution in [3.05, 3.63) is 0 Å². The first-order chi connectivity index (χ1) is 7.20. The zero-order chi connectivity index (χ0) is 10.8. The second-order valence-electron chi connectivity index (χ2n) is 5.10. The van der Waals surface area contributed by atoms with Gasteiger partial charge >= 0.3 is 0 Å². The zero-order valence-corrected chi connectivity index (χ0v) is 9.83. The van der Waals surface area contributed by atoms with Gasteiger partial charge in [0.25, 0.3) is 0 Å². The van der Waals surface area contributed by atoms with Crippen LogP contribution in [0.5, 0.6) is 0 Å². The van der Waals surface area contributed by atoms with E-state index in [1.807, 2.05) is 0 Å². The van der Waals surface area contributed by atoms with Gasteiger partial charge in [0.05, 0.1) is 5.92 Å². The van der Waals surface area contributed by atoms with Crippen molar-refractivity contribution >= 4 is 5.91 Å². The van der Waals surface area contributed by atoms with E-state index in [9.17, 15) is 4.79 Å². The highest BCUT2D eigenvalue weighted by Gasteiger charge is 2.34. The highest BCUT2D eigenvalue weighted by Crippen LogP contribution is 2.25. The van der Waals surface area contributed by atoms with Gasteiger partial charge in [-0.15, -0.1) is 0 Å². The molecule has 15 heavy (non-hydrogen) atoms. The third-order valence-corrected chi connectivity index (χ3v) is 3.98. The van der Waals surface area contributed by atoms with Gasteiger partial charge in [-0.3, -0.25) is 4.79 Å². The molecule has 1 N–H and O–H groups in total. The molecule has 2 saturated heterocycles. The topological polar surface area (TPSA) is 32.3 Å². The van der Waals surface area contributed by atoms with Crippen molar-refractivity contribution in [2.24, 2.45) is 11.8 Å². The average Bonchev–Trinajstić information content (AvgIpc) is 2.64. The molecular weight excluding hydrogens is 188 g/mol. The van der Waals surface area contributed by atoms with E-state index in [1.165, 1.54) is 12.8 Å². The quantitative estimate of drug-likeness (QED) is 0.706. The number of hydrogen-bond donors (Lipinski definition) is 1. The van der Waals surface area contributed by atoms with Crippen molar-refractivity contribution in [3.63, 3.8) is 0 Å². The van der Waals surface area contributed by atoms with Crippen molar-refractivity contribution in [3.8, 4) is 0 Å². The molecule has 0 radical (unpaired) electrons. The van der Waals surface area contributed by atoms with Crippen molar-refractivity contribution in [2.75, 3.05) is 19.6 Å². The molecule has 0 aromatic heterocycles. The zero-order valence-electron chi connectivity index (χ0n) is 9.83. The largest absolute Gasteiger partial charge is 0.340 e. The number of carbonyl (C=O) groups is 1. The maximum absolute atomic E-state index is 12.3. The highest BCUT2D eigenvalue weighted by atomic mass is 16.2. The molecule has 2 fully saturated rings. The number of carbonyl (C=O) groups excluding carboxylic acids is 1. The number of piperidine rings is 1. The summed E-state index contributed by atoms with van der Waals surface area (Å²) in [5.41, 5.74) is 0. The number of nitrogens with zero attached hydrogens (tertiary/aromatic N) is 1. The molecule has 2 aliphatic heterocycles. The molecule has 0 unspecified atom stereocenters. The smallest absolute Gasteiger partial charge is 0.227 e. The Bertz CT molecular complexity index is 242. The summed E-state index contributed by atoms with van der Waals surface area (Å²) in [6.07, 6.45) is 3.50. The van der Waals surface area contributed by atoms with Crippen LogP contribution in [0.25, 0.3) is 0 Å². The fraction of sp³-hybridized carbons (Fsp3) is 0.917. The van der Waals surface area contributed by atoms with Crippen LogP contribution in [0.1, 0.15) is 33.1 Å². The van der Waals surface area contributed by atoms with Crippen LogP contribution in [0, 0.1) is 11.8 Å².